The highest BCUT2D eigenvalue weighted by molar-refractivity contribution is 7.21. The molecule has 26 rings (SSSR count). The molecule has 0 saturated heterocycles. The molecule has 5 aliphatic rings. The van der Waals surface area contributed by atoms with Crippen LogP contribution in [0.4, 0.5) is 0 Å². The number of fused-ring (bicyclic) bond motifs is 35. The molecule has 20 aromatic heterocycles. The molecule has 22 nitrogen and oxygen atoms in total. The summed E-state index contributed by atoms with van der Waals surface area (Å²) in [5.74, 6) is 1.20. The Bertz CT molecular complexity index is 7240. The second-order valence-electron chi connectivity index (χ2n) is 25.8. The number of benzene rings is 1. The van der Waals surface area contributed by atoms with Crippen molar-refractivity contribution in [2.75, 3.05) is 0 Å². The van der Waals surface area contributed by atoms with Crippen LogP contribution >= 0.6 is 34.0 Å². The van der Waals surface area contributed by atoms with Crippen molar-refractivity contribution in [3.8, 4) is 60.0 Å². The molecular weight excluding hydrogens is 1340 g/mol. The first-order valence-electron chi connectivity index (χ1n) is 35.0. The van der Waals surface area contributed by atoms with E-state index in [1.807, 2.05) is 152 Å². The molecule has 0 unspecified atom stereocenters. The highest BCUT2D eigenvalue weighted by Gasteiger charge is 2.40. The van der Waals surface area contributed by atoms with E-state index in [1.165, 1.54) is 108 Å². The van der Waals surface area contributed by atoms with Crippen LogP contribution in [0.1, 0.15) is 32.6 Å². The molecule has 0 amide bonds. The van der Waals surface area contributed by atoms with Crippen LogP contribution < -0.4 is 22.7 Å². The fourth-order valence-electron chi connectivity index (χ4n) is 15.8. The molecule has 490 valence electrons. The number of hydrogen-bond donors (Lipinski definition) is 0. The van der Waals surface area contributed by atoms with Gasteiger partial charge in [-0.2, -0.15) is 18.1 Å². The van der Waals surface area contributed by atoms with E-state index in [1.54, 1.807) is 18.6 Å². The Kier molecular flexibility index (Phi) is 11.9. The third-order valence-corrected chi connectivity index (χ3v) is 24.0. The van der Waals surface area contributed by atoms with Gasteiger partial charge in [0.15, 0.2) is 58.7 Å². The summed E-state index contributed by atoms with van der Waals surface area (Å²) in [5.41, 5.74) is 25.1. The number of pyridine rings is 8. The molecule has 0 radical (unpaired) electrons. The van der Waals surface area contributed by atoms with Crippen molar-refractivity contribution < 1.29 is 26.8 Å². The van der Waals surface area contributed by atoms with E-state index in [2.05, 4.69) is 198 Å². The van der Waals surface area contributed by atoms with Crippen molar-refractivity contribution in [3.05, 3.63) is 268 Å². The van der Waals surface area contributed by atoms with Gasteiger partial charge in [0, 0.05) is 97.6 Å². The zero-order valence-electron chi connectivity index (χ0n) is 57.6. The van der Waals surface area contributed by atoms with Gasteiger partial charge in [0.05, 0.1) is 91.1 Å². The maximum absolute atomic E-state index is 7.91. The first-order chi connectivity index (χ1) is 52.1. The second-order valence-corrected chi connectivity index (χ2v) is 28.7. The monoisotopic (exact) mass is 1400 g/mol. The third-order valence-electron chi connectivity index (χ3n) is 20.3. The Labute approximate surface area is 599 Å². The summed E-state index contributed by atoms with van der Waals surface area (Å²) in [7, 11) is 2.11. The van der Waals surface area contributed by atoms with Crippen LogP contribution in [-0.4, -0.2) is 81.3 Å². The molecular formula is C78H55N22S3+5. The van der Waals surface area contributed by atoms with E-state index in [4.69, 9.17) is 4.11 Å². The quantitative estimate of drug-likeness (QED) is 0.143. The van der Waals surface area contributed by atoms with E-state index >= 15 is 0 Å². The maximum atomic E-state index is 7.91. The first-order valence-corrected chi connectivity index (χ1v) is 35.9. The average Bonchev–Trinajstić information content (AvgIpc) is 1.69. The Morgan fingerprint density at radius 3 is 1.62 bits per heavy atom. The van der Waals surface area contributed by atoms with Crippen molar-refractivity contribution in [1.82, 2.24) is 81.3 Å². The van der Waals surface area contributed by atoms with Gasteiger partial charge in [0.25, 0.3) is 48.7 Å². The summed E-state index contributed by atoms with van der Waals surface area (Å²) >= 11 is 5.18. The predicted molar refractivity (Wildman–Crippen MR) is 394 cm³/mol. The minimum absolute atomic E-state index is 0.646. The van der Waals surface area contributed by atoms with Crippen molar-refractivity contribution in [2.24, 2.45) is 14.0 Å². The highest BCUT2D eigenvalue weighted by Crippen LogP contribution is 2.43. The zero-order chi connectivity index (χ0) is 70.2. The number of imidazole rings is 4. The van der Waals surface area contributed by atoms with Gasteiger partial charge in [-0.25, -0.2) is 18.4 Å². The van der Waals surface area contributed by atoms with Crippen LogP contribution in [0, 0.1) is 0 Å². The summed E-state index contributed by atoms with van der Waals surface area (Å²) in [6.45, 7) is 1.83. The predicted octanol–water partition coefficient (Wildman–Crippen LogP) is 11.5. The van der Waals surface area contributed by atoms with E-state index in [0.717, 1.165) is 103 Å². The fraction of sp³-hybridized carbons (Fsp3) is 0.0897. The van der Waals surface area contributed by atoms with Crippen molar-refractivity contribution in [3.63, 3.8) is 0 Å². The van der Waals surface area contributed by atoms with Gasteiger partial charge in [0.2, 0.25) is 0 Å². The number of hydrogen-bond acceptors (Lipinski definition) is 13. The molecule has 0 bridgehead atoms. The molecule has 25 heterocycles. The van der Waals surface area contributed by atoms with Gasteiger partial charge < -0.3 is 9.13 Å². The number of para-hydroxylation sites is 1. The molecule has 0 atom stereocenters. The molecule has 0 aliphatic carbocycles. The molecule has 0 spiro atoms. The van der Waals surface area contributed by atoms with Gasteiger partial charge in [0.1, 0.15) is 53.6 Å². The highest BCUT2D eigenvalue weighted by atomic mass is 32.1. The summed E-state index contributed by atoms with van der Waals surface area (Å²) < 4.78 is 49.8. The maximum Gasteiger partial charge on any atom is 0.297 e. The zero-order valence-corrected chi connectivity index (χ0v) is 57.1. The Hall–Kier alpha value is -13.0. The van der Waals surface area contributed by atoms with Crippen molar-refractivity contribution >= 4 is 120 Å². The van der Waals surface area contributed by atoms with E-state index in [-0.39, 0.29) is 0 Å². The molecule has 0 N–H and O–H groups in total. The fourth-order valence-corrected chi connectivity index (χ4v) is 19.7. The van der Waals surface area contributed by atoms with Crippen LogP contribution in [0.5, 0.6) is 0 Å². The molecule has 0 saturated carbocycles. The normalized spacial score (nSPS) is 13.5. The Morgan fingerprint density at radius 2 is 0.981 bits per heavy atom. The summed E-state index contributed by atoms with van der Waals surface area (Å²) in [6.07, 6.45) is 38.1. The van der Waals surface area contributed by atoms with Gasteiger partial charge in [-0.05, 0) is 131 Å². The molecule has 25 heteroatoms. The van der Waals surface area contributed by atoms with Crippen molar-refractivity contribution in [2.45, 2.75) is 32.7 Å². The number of rotatable bonds is 1. The van der Waals surface area contributed by atoms with Crippen LogP contribution in [0.15, 0.2) is 239 Å². The van der Waals surface area contributed by atoms with Gasteiger partial charge in [-0.15, -0.1) is 0 Å². The molecule has 5 aliphatic heterocycles. The topological polar surface area (TPSA) is 181 Å². The number of aryl methyl sites for hydroxylation is 2. The largest absolute Gasteiger partial charge is 0.329 e. The van der Waals surface area contributed by atoms with Gasteiger partial charge >= 0.3 is 0 Å². The SMILES string of the molecule is Cn1c2cnccc2c2c1sc1[n+]2Cc2ncccc2-1.[2H]C([2H])([2H])n1c2cnccc2c2c1sc1[n+]2Cc2ncccc2-1.c1ccc(-n2c3cnccc3c3c2sc2[n+]3Cc3ncccc3-2)cc1.c1cnc2c(c1)-c1c3n4cnccc4c[n+]3cn1C2.c1cnc2c(c1)-c1n3cc4cnccn4c3c[n+]1C2. The lowest BCUT2D eigenvalue weighted by Gasteiger charge is -2.04. The lowest BCUT2D eigenvalue weighted by atomic mass is 10.2. The van der Waals surface area contributed by atoms with Gasteiger partial charge in [-0.1, -0.05) is 18.2 Å². The third kappa shape index (κ3) is 8.54. The average molecular weight is 1400 g/mol. The number of aromatic nitrogens is 22. The minimum atomic E-state index is -2.24. The molecule has 1 aromatic carbocycles. The van der Waals surface area contributed by atoms with E-state index < -0.39 is 6.98 Å². The van der Waals surface area contributed by atoms with Crippen molar-refractivity contribution in [1.29, 1.82) is 0 Å². The summed E-state index contributed by atoms with van der Waals surface area (Å²) in [4.78, 5) is 46.9. The molecule has 0 fully saturated rings. The van der Waals surface area contributed by atoms with Gasteiger partial charge in [-0.3, -0.25) is 58.4 Å². The van der Waals surface area contributed by atoms with E-state index in [0.29, 0.717) is 12.1 Å². The second kappa shape index (κ2) is 22.3. The van der Waals surface area contributed by atoms with Crippen LogP contribution in [0.2, 0.25) is 0 Å². The minimum Gasteiger partial charge on any atom is -0.329 e. The Morgan fingerprint density at radius 1 is 0.447 bits per heavy atom. The molecule has 103 heavy (non-hydrogen) atoms. The number of nitrogens with zero attached hydrogens (tertiary/aromatic N) is 22. The standard InChI is InChI=1S/C20H13N4S.2C15H11N4S.2C14H10N5/c1-2-5-13(6-3-1)24-17-11-21-10-8-15(17)18-20(24)25-19-14-7-4-9-22-16(14)12-23(18)19;2*1-18-12-7-16-6-4-10(12)13-15(18)20-14-9-3-2-5-17-11(9)8-19(13)14;1-2-11-12(16-4-1)7-17-9-18-6-10-3-5-15-8-19(10)14(18)13(11)17;1-2-11-12(16-3-1)8-17-9-13-18-5-4-15-6-10(18)7-19(13)14(11)17/h1-11H,12H2;2*2-7H,8H2,1H3;1-6,8-9H,7H2;1-7,9H,8H2/q5*+1/i;1D3;;;. The Balaban J connectivity index is 0.0000000830. The first kappa shape index (κ1) is 54.9. The van der Waals surface area contributed by atoms with Crippen LogP contribution in [-0.2, 0) is 46.7 Å². The van der Waals surface area contributed by atoms with E-state index in [9.17, 15) is 0 Å². The lowest BCUT2D eigenvalue weighted by molar-refractivity contribution is -0.670. The smallest absolute Gasteiger partial charge is 0.297 e. The lowest BCUT2D eigenvalue weighted by Crippen LogP contribution is -2.30. The summed E-state index contributed by atoms with van der Waals surface area (Å²) in [6, 6.07) is 39.2. The number of thiazole rings is 3. The summed E-state index contributed by atoms with van der Waals surface area (Å²) in [5, 5.41) is 7.09. The van der Waals surface area contributed by atoms with Crippen LogP contribution in [0.25, 0.3) is 146 Å². The van der Waals surface area contributed by atoms with Crippen LogP contribution in [0.3, 0.4) is 0 Å². The molecule has 21 aromatic rings.